The van der Waals surface area contributed by atoms with Crippen molar-refractivity contribution in [1.29, 1.82) is 0 Å². The first-order valence-corrected chi connectivity index (χ1v) is 8.76. The molecule has 0 saturated carbocycles. The summed E-state index contributed by atoms with van der Waals surface area (Å²) in [7, 11) is 1.51. The zero-order chi connectivity index (χ0) is 20.2. The Labute approximate surface area is 158 Å². The van der Waals surface area contributed by atoms with E-state index in [0.29, 0.717) is 17.7 Å². The van der Waals surface area contributed by atoms with Gasteiger partial charge in [-0.05, 0) is 44.9 Å². The largest absolute Gasteiger partial charge is 0.460 e. The number of hydrogen-bond donors (Lipinski definition) is 1. The van der Waals surface area contributed by atoms with Crippen molar-refractivity contribution < 1.29 is 13.9 Å². The molecule has 1 atom stereocenters. The lowest BCUT2D eigenvalue weighted by molar-refractivity contribution is -0.153. The van der Waals surface area contributed by atoms with Gasteiger partial charge in [0.25, 0.3) is 0 Å². The summed E-state index contributed by atoms with van der Waals surface area (Å²) < 4.78 is 11.6. The van der Waals surface area contributed by atoms with Crippen LogP contribution in [0.4, 0.5) is 0 Å². The van der Waals surface area contributed by atoms with Crippen LogP contribution < -0.4 is 11.5 Å². The fraction of sp³-hybridized carbons (Fsp3) is 0.474. The number of carbonyl (C=O) groups excluding carboxylic acids is 1. The first-order valence-electron chi connectivity index (χ1n) is 8.76. The summed E-state index contributed by atoms with van der Waals surface area (Å²) in [4.78, 5) is 28.0. The lowest BCUT2D eigenvalue weighted by atomic mass is 10.1. The van der Waals surface area contributed by atoms with Crippen LogP contribution in [0.25, 0.3) is 11.5 Å². The second-order valence-corrected chi connectivity index (χ2v) is 7.18. The zero-order valence-corrected chi connectivity index (χ0v) is 16.4. The fourth-order valence-corrected chi connectivity index (χ4v) is 2.40. The SMILES string of the molecule is CCC(CC(=O)OC(C)(C)C)=N[C@H](N)c1cccc(-c2nn(C)c(=O)o2)c1. The molecule has 0 aliphatic carbocycles. The molecule has 1 aromatic carbocycles. The molecule has 2 aromatic rings. The van der Waals surface area contributed by atoms with Crippen LogP contribution in [0.5, 0.6) is 0 Å². The maximum absolute atomic E-state index is 12.0. The standard InChI is InChI=1S/C19H26N4O4/c1-6-14(11-15(24)27-19(2,3)4)21-16(20)12-8-7-9-13(10-12)17-22-23(5)18(25)26-17/h7-10,16H,6,11,20H2,1-5H3/t16-/m0/s1. The van der Waals surface area contributed by atoms with Gasteiger partial charge in [-0.25, -0.2) is 4.79 Å². The third-order valence-corrected chi connectivity index (χ3v) is 3.66. The van der Waals surface area contributed by atoms with E-state index in [4.69, 9.17) is 14.9 Å². The van der Waals surface area contributed by atoms with E-state index in [-0.39, 0.29) is 18.3 Å². The van der Waals surface area contributed by atoms with Crippen LogP contribution in [-0.2, 0) is 16.6 Å². The van der Waals surface area contributed by atoms with Crippen molar-refractivity contribution in [2.24, 2.45) is 17.8 Å². The number of aromatic nitrogens is 2. The number of ether oxygens (including phenoxy) is 1. The minimum atomic E-state index is -0.655. The zero-order valence-electron chi connectivity index (χ0n) is 16.4. The molecule has 2 rings (SSSR count). The van der Waals surface area contributed by atoms with Gasteiger partial charge in [-0.2, -0.15) is 4.68 Å². The molecule has 0 spiro atoms. The van der Waals surface area contributed by atoms with E-state index in [1.54, 1.807) is 18.2 Å². The van der Waals surface area contributed by atoms with E-state index >= 15 is 0 Å². The summed E-state index contributed by atoms with van der Waals surface area (Å²) in [5.41, 5.74) is 7.66. The Bertz CT molecular complexity index is 890. The number of aliphatic imine (C=N–C) groups is 1. The summed E-state index contributed by atoms with van der Waals surface area (Å²) in [6.07, 6.45) is 0.0238. The van der Waals surface area contributed by atoms with E-state index < -0.39 is 17.5 Å². The maximum Gasteiger partial charge on any atom is 0.437 e. The van der Waals surface area contributed by atoms with E-state index in [1.165, 1.54) is 7.05 Å². The Morgan fingerprint density at radius 1 is 1.41 bits per heavy atom. The predicted molar refractivity (Wildman–Crippen MR) is 102 cm³/mol. The minimum Gasteiger partial charge on any atom is -0.460 e. The molecular formula is C19H26N4O4. The molecule has 0 unspecified atom stereocenters. The lowest BCUT2D eigenvalue weighted by Crippen LogP contribution is -2.25. The monoisotopic (exact) mass is 374 g/mol. The van der Waals surface area contributed by atoms with Crippen molar-refractivity contribution in [2.75, 3.05) is 0 Å². The van der Waals surface area contributed by atoms with E-state index in [0.717, 1.165) is 10.2 Å². The number of nitrogens with zero attached hydrogens (tertiary/aromatic N) is 3. The van der Waals surface area contributed by atoms with E-state index in [2.05, 4.69) is 10.1 Å². The Morgan fingerprint density at radius 2 is 2.11 bits per heavy atom. The van der Waals surface area contributed by atoms with Crippen molar-refractivity contribution in [2.45, 2.75) is 52.3 Å². The summed E-state index contributed by atoms with van der Waals surface area (Å²) >= 11 is 0. The third kappa shape index (κ3) is 5.89. The van der Waals surface area contributed by atoms with Crippen LogP contribution in [0.15, 0.2) is 38.5 Å². The molecule has 146 valence electrons. The Morgan fingerprint density at radius 3 is 2.67 bits per heavy atom. The Hall–Kier alpha value is -2.74. The van der Waals surface area contributed by atoms with Crippen molar-refractivity contribution in [3.8, 4) is 11.5 Å². The number of aryl methyl sites for hydroxylation is 1. The fourth-order valence-electron chi connectivity index (χ4n) is 2.40. The van der Waals surface area contributed by atoms with Gasteiger partial charge < -0.3 is 14.9 Å². The van der Waals surface area contributed by atoms with Gasteiger partial charge in [-0.1, -0.05) is 19.1 Å². The topological polar surface area (TPSA) is 113 Å². The van der Waals surface area contributed by atoms with Gasteiger partial charge in [-0.15, -0.1) is 5.10 Å². The van der Waals surface area contributed by atoms with Crippen molar-refractivity contribution >= 4 is 11.7 Å². The van der Waals surface area contributed by atoms with Crippen LogP contribution in [0, 0.1) is 0 Å². The number of hydrogen-bond acceptors (Lipinski definition) is 7. The van der Waals surface area contributed by atoms with Gasteiger partial charge in [-0.3, -0.25) is 9.79 Å². The van der Waals surface area contributed by atoms with Crippen LogP contribution in [-0.4, -0.2) is 27.1 Å². The first kappa shape index (κ1) is 20.6. The summed E-state index contributed by atoms with van der Waals surface area (Å²) in [6, 6.07) is 7.14. The number of carbonyl (C=O) groups is 1. The second kappa shape index (κ2) is 8.30. The van der Waals surface area contributed by atoms with E-state index in [9.17, 15) is 9.59 Å². The summed E-state index contributed by atoms with van der Waals surface area (Å²) in [5, 5.41) is 4.03. The highest BCUT2D eigenvalue weighted by atomic mass is 16.6. The number of rotatable bonds is 6. The molecule has 27 heavy (non-hydrogen) atoms. The second-order valence-electron chi connectivity index (χ2n) is 7.18. The average Bonchev–Trinajstić information content (AvgIpc) is 2.91. The normalized spacial score (nSPS) is 13.5. The summed E-state index contributed by atoms with van der Waals surface area (Å²) in [6.45, 7) is 7.37. The number of esters is 1. The lowest BCUT2D eigenvalue weighted by Gasteiger charge is -2.20. The molecule has 0 fully saturated rings. The highest BCUT2D eigenvalue weighted by Crippen LogP contribution is 2.21. The predicted octanol–water partition coefficient (Wildman–Crippen LogP) is 2.58. The van der Waals surface area contributed by atoms with E-state index in [1.807, 2.05) is 33.8 Å². The number of benzene rings is 1. The Kier molecular flexibility index (Phi) is 6.32. The highest BCUT2D eigenvalue weighted by molar-refractivity contribution is 5.99. The minimum absolute atomic E-state index is 0.0935. The quantitative estimate of drug-likeness (QED) is 0.614. The molecule has 2 N–H and O–H groups in total. The van der Waals surface area contributed by atoms with Gasteiger partial charge in [0.1, 0.15) is 11.8 Å². The van der Waals surface area contributed by atoms with Gasteiger partial charge in [0, 0.05) is 18.3 Å². The van der Waals surface area contributed by atoms with Gasteiger partial charge in [0.2, 0.25) is 5.89 Å². The van der Waals surface area contributed by atoms with Gasteiger partial charge >= 0.3 is 11.7 Å². The molecular weight excluding hydrogens is 348 g/mol. The molecule has 8 nitrogen and oxygen atoms in total. The van der Waals surface area contributed by atoms with Crippen LogP contribution >= 0.6 is 0 Å². The van der Waals surface area contributed by atoms with Crippen molar-refractivity contribution in [3.05, 3.63) is 40.4 Å². The van der Waals surface area contributed by atoms with Crippen LogP contribution in [0.3, 0.4) is 0 Å². The Balaban J connectivity index is 2.19. The molecule has 1 heterocycles. The van der Waals surface area contributed by atoms with Crippen molar-refractivity contribution in [3.63, 3.8) is 0 Å². The molecule has 0 radical (unpaired) electrons. The highest BCUT2D eigenvalue weighted by Gasteiger charge is 2.18. The molecule has 0 saturated heterocycles. The average molecular weight is 374 g/mol. The number of nitrogens with two attached hydrogens (primary N) is 1. The first-order chi connectivity index (χ1) is 12.6. The molecule has 0 aliphatic rings. The summed E-state index contributed by atoms with van der Waals surface area (Å²) in [5.74, 6) is -0.660. The smallest absolute Gasteiger partial charge is 0.437 e. The molecule has 1 aromatic heterocycles. The molecule has 0 amide bonds. The van der Waals surface area contributed by atoms with Crippen LogP contribution in [0.1, 0.15) is 52.3 Å². The maximum atomic E-state index is 12.0. The van der Waals surface area contributed by atoms with Crippen molar-refractivity contribution in [1.82, 2.24) is 9.78 Å². The molecule has 0 aliphatic heterocycles. The molecule has 8 heteroatoms. The van der Waals surface area contributed by atoms with Gasteiger partial charge in [0.05, 0.1) is 6.42 Å². The molecule has 0 bridgehead atoms. The van der Waals surface area contributed by atoms with Crippen LogP contribution in [0.2, 0.25) is 0 Å². The van der Waals surface area contributed by atoms with Gasteiger partial charge in [0.15, 0.2) is 0 Å². The third-order valence-electron chi connectivity index (χ3n) is 3.66.